The van der Waals surface area contributed by atoms with Crippen molar-refractivity contribution in [3.63, 3.8) is 0 Å². The summed E-state index contributed by atoms with van der Waals surface area (Å²) in [5.41, 5.74) is 1.29. The monoisotopic (exact) mass is 363 g/mol. The molecule has 0 aliphatic heterocycles. The summed E-state index contributed by atoms with van der Waals surface area (Å²) in [6.07, 6.45) is 0.408. The van der Waals surface area contributed by atoms with Crippen LogP contribution < -0.4 is 10.9 Å². The van der Waals surface area contributed by atoms with Crippen molar-refractivity contribution < 1.29 is 9.59 Å². The van der Waals surface area contributed by atoms with Gasteiger partial charge in [0.2, 0.25) is 5.91 Å². The number of ketones is 1. The Morgan fingerprint density at radius 1 is 1.07 bits per heavy atom. The Morgan fingerprint density at radius 2 is 1.74 bits per heavy atom. The molecule has 1 aromatic heterocycles. The molecule has 138 valence electrons. The lowest BCUT2D eigenvalue weighted by Crippen LogP contribution is -2.44. The zero-order valence-electron chi connectivity index (χ0n) is 15.3. The van der Waals surface area contributed by atoms with Gasteiger partial charge in [0.05, 0.1) is 16.9 Å². The third-order valence-corrected chi connectivity index (χ3v) is 4.46. The minimum absolute atomic E-state index is 0.132. The van der Waals surface area contributed by atoms with Gasteiger partial charge in [-0.15, -0.1) is 0 Å². The smallest absolute Gasteiger partial charge is 0.261 e. The van der Waals surface area contributed by atoms with Crippen LogP contribution in [0.15, 0.2) is 59.4 Å². The largest absolute Gasteiger partial charge is 0.344 e. The fourth-order valence-electron chi connectivity index (χ4n) is 2.99. The van der Waals surface area contributed by atoms with Gasteiger partial charge in [0.25, 0.3) is 5.56 Å². The SMILES string of the molecule is CC(=O)[C@H](Cc1ccccc1)NC(=O)Cn1c(C)nc2ccccc2c1=O. The van der Waals surface area contributed by atoms with E-state index in [0.29, 0.717) is 23.1 Å². The molecular formula is C21H21N3O3. The molecule has 2 aromatic carbocycles. The summed E-state index contributed by atoms with van der Waals surface area (Å²) in [7, 11) is 0. The second-order valence-electron chi connectivity index (χ2n) is 6.49. The molecule has 0 aliphatic carbocycles. The maximum absolute atomic E-state index is 12.7. The Balaban J connectivity index is 1.79. The third-order valence-electron chi connectivity index (χ3n) is 4.46. The lowest BCUT2D eigenvalue weighted by molar-refractivity contribution is -0.127. The molecular weight excluding hydrogens is 342 g/mol. The van der Waals surface area contributed by atoms with Crippen LogP contribution in [0, 0.1) is 6.92 Å². The van der Waals surface area contributed by atoms with Crippen LogP contribution in [0.1, 0.15) is 18.3 Å². The molecule has 0 fully saturated rings. The molecule has 0 unspecified atom stereocenters. The van der Waals surface area contributed by atoms with Crippen molar-refractivity contribution in [2.45, 2.75) is 32.9 Å². The van der Waals surface area contributed by atoms with Gasteiger partial charge in [-0.25, -0.2) is 4.98 Å². The molecule has 3 rings (SSSR count). The molecule has 0 spiro atoms. The van der Waals surface area contributed by atoms with Gasteiger partial charge >= 0.3 is 0 Å². The van der Waals surface area contributed by atoms with Gasteiger partial charge in [0.15, 0.2) is 5.78 Å². The van der Waals surface area contributed by atoms with Crippen LogP contribution >= 0.6 is 0 Å². The second-order valence-corrected chi connectivity index (χ2v) is 6.49. The molecule has 0 saturated carbocycles. The van der Waals surface area contributed by atoms with Gasteiger partial charge in [-0.3, -0.25) is 19.0 Å². The van der Waals surface area contributed by atoms with Crippen LogP contribution in [0.5, 0.6) is 0 Å². The highest BCUT2D eigenvalue weighted by atomic mass is 16.2. The number of carbonyl (C=O) groups is 2. The first kappa shape index (κ1) is 18.5. The highest BCUT2D eigenvalue weighted by molar-refractivity contribution is 5.87. The predicted molar refractivity (Wildman–Crippen MR) is 103 cm³/mol. The van der Waals surface area contributed by atoms with Crippen molar-refractivity contribution in [1.82, 2.24) is 14.9 Å². The number of nitrogens with zero attached hydrogens (tertiary/aromatic N) is 2. The molecule has 6 nitrogen and oxygen atoms in total. The van der Waals surface area contributed by atoms with Gasteiger partial charge in [0, 0.05) is 0 Å². The molecule has 3 aromatic rings. The molecule has 27 heavy (non-hydrogen) atoms. The zero-order chi connectivity index (χ0) is 19.4. The van der Waals surface area contributed by atoms with Crippen molar-refractivity contribution in [3.8, 4) is 0 Å². The lowest BCUT2D eigenvalue weighted by Gasteiger charge is -2.17. The number of nitrogens with one attached hydrogen (secondary N) is 1. The second kappa shape index (κ2) is 7.95. The number of aryl methyl sites for hydroxylation is 1. The van der Waals surface area contributed by atoms with Crippen LogP contribution in [0.3, 0.4) is 0 Å². The maximum Gasteiger partial charge on any atom is 0.261 e. The first-order chi connectivity index (χ1) is 13.0. The fraction of sp³-hybridized carbons (Fsp3) is 0.238. The van der Waals surface area contributed by atoms with Crippen molar-refractivity contribution in [2.24, 2.45) is 0 Å². The molecule has 1 N–H and O–H groups in total. The van der Waals surface area contributed by atoms with E-state index in [-0.39, 0.29) is 17.9 Å². The third kappa shape index (κ3) is 4.28. The van der Waals surface area contributed by atoms with E-state index in [0.717, 1.165) is 5.56 Å². The number of carbonyl (C=O) groups excluding carboxylic acids is 2. The minimum Gasteiger partial charge on any atom is -0.344 e. The van der Waals surface area contributed by atoms with Gasteiger partial charge < -0.3 is 5.32 Å². The molecule has 1 atom stereocenters. The van der Waals surface area contributed by atoms with Crippen LogP contribution in [0.4, 0.5) is 0 Å². The number of rotatable bonds is 6. The molecule has 0 saturated heterocycles. The summed E-state index contributed by atoms with van der Waals surface area (Å²) < 4.78 is 1.33. The molecule has 1 heterocycles. The first-order valence-corrected chi connectivity index (χ1v) is 8.75. The van der Waals surface area contributed by atoms with Crippen LogP contribution in [0.25, 0.3) is 10.9 Å². The summed E-state index contributed by atoms with van der Waals surface area (Å²) in [6, 6.07) is 15.9. The van der Waals surface area contributed by atoms with Crippen LogP contribution in [-0.2, 0) is 22.6 Å². The van der Waals surface area contributed by atoms with E-state index in [1.165, 1.54) is 11.5 Å². The number of hydrogen-bond donors (Lipinski definition) is 1. The first-order valence-electron chi connectivity index (χ1n) is 8.75. The lowest BCUT2D eigenvalue weighted by atomic mass is 10.0. The Bertz CT molecular complexity index is 1040. The average molecular weight is 363 g/mol. The predicted octanol–water partition coefficient (Wildman–Crippen LogP) is 2.02. The van der Waals surface area contributed by atoms with E-state index in [9.17, 15) is 14.4 Å². The van der Waals surface area contributed by atoms with Crippen molar-refractivity contribution in [2.75, 3.05) is 0 Å². The highest BCUT2D eigenvalue weighted by Crippen LogP contribution is 2.08. The number of amides is 1. The van der Waals surface area contributed by atoms with Crippen molar-refractivity contribution in [1.29, 1.82) is 0 Å². The van der Waals surface area contributed by atoms with E-state index in [1.54, 1.807) is 25.1 Å². The summed E-state index contributed by atoms with van der Waals surface area (Å²) >= 11 is 0. The highest BCUT2D eigenvalue weighted by Gasteiger charge is 2.19. The topological polar surface area (TPSA) is 81.1 Å². The number of benzene rings is 2. The van der Waals surface area contributed by atoms with E-state index in [1.807, 2.05) is 36.4 Å². The Labute approximate surface area is 156 Å². The number of hydrogen-bond acceptors (Lipinski definition) is 4. The summed E-state index contributed by atoms with van der Waals surface area (Å²) in [4.78, 5) is 41.5. The van der Waals surface area contributed by atoms with Crippen LogP contribution in [-0.4, -0.2) is 27.3 Å². The van der Waals surface area contributed by atoms with Gasteiger partial charge in [-0.2, -0.15) is 0 Å². The summed E-state index contributed by atoms with van der Waals surface area (Å²) in [5.74, 6) is -0.0717. The van der Waals surface area contributed by atoms with Gasteiger partial charge in [-0.1, -0.05) is 42.5 Å². The minimum atomic E-state index is -0.635. The maximum atomic E-state index is 12.7. The summed E-state index contributed by atoms with van der Waals surface area (Å²) in [6.45, 7) is 2.96. The van der Waals surface area contributed by atoms with E-state index in [2.05, 4.69) is 10.3 Å². The quantitative estimate of drug-likeness (QED) is 0.726. The van der Waals surface area contributed by atoms with E-state index >= 15 is 0 Å². The van der Waals surface area contributed by atoms with Gasteiger partial charge in [0.1, 0.15) is 12.4 Å². The molecule has 0 radical (unpaired) electrons. The molecule has 1 amide bonds. The number of aromatic nitrogens is 2. The Kier molecular flexibility index (Phi) is 5.45. The fourth-order valence-corrected chi connectivity index (χ4v) is 2.99. The number of para-hydroxylation sites is 1. The molecule has 0 aliphatic rings. The standard InChI is InChI=1S/C21H21N3O3/c1-14(25)19(12-16-8-4-3-5-9-16)23-20(26)13-24-15(2)22-18-11-7-6-10-17(18)21(24)27/h3-11,19H,12-13H2,1-2H3,(H,23,26)/t19-/m0/s1. The number of Topliss-reactive ketones (excluding diaryl/α,β-unsaturated/α-hetero) is 1. The molecule has 6 heteroatoms. The average Bonchev–Trinajstić information content (AvgIpc) is 2.65. The molecule has 0 bridgehead atoms. The Morgan fingerprint density at radius 3 is 2.44 bits per heavy atom. The van der Waals surface area contributed by atoms with Gasteiger partial charge in [-0.05, 0) is 38.0 Å². The zero-order valence-corrected chi connectivity index (χ0v) is 15.3. The van der Waals surface area contributed by atoms with E-state index < -0.39 is 11.9 Å². The van der Waals surface area contributed by atoms with Crippen molar-refractivity contribution >= 4 is 22.6 Å². The number of fused-ring (bicyclic) bond motifs is 1. The van der Waals surface area contributed by atoms with E-state index in [4.69, 9.17) is 0 Å². The van der Waals surface area contributed by atoms with Crippen molar-refractivity contribution in [3.05, 3.63) is 76.3 Å². The summed E-state index contributed by atoms with van der Waals surface area (Å²) in [5, 5.41) is 3.20. The van der Waals surface area contributed by atoms with Crippen LogP contribution in [0.2, 0.25) is 0 Å². The normalized spacial score (nSPS) is 11.9. The Hall–Kier alpha value is -3.28.